The van der Waals surface area contributed by atoms with Crippen LogP contribution in [0, 0.1) is 6.92 Å². The van der Waals surface area contributed by atoms with Crippen LogP contribution in [0.1, 0.15) is 21.7 Å². The molecule has 0 unspecified atom stereocenters. The lowest BCUT2D eigenvalue weighted by molar-refractivity contribution is -0.133. The number of hydrogen-bond donors (Lipinski definition) is 0. The quantitative estimate of drug-likeness (QED) is 0.630. The summed E-state index contributed by atoms with van der Waals surface area (Å²) in [6.45, 7) is 1.85. The van der Waals surface area contributed by atoms with Gasteiger partial charge in [0.05, 0.1) is 0 Å². The molecule has 2 aromatic carbocycles. The molecule has 0 saturated heterocycles. The third-order valence-electron chi connectivity index (χ3n) is 4.10. The van der Waals surface area contributed by atoms with Crippen molar-refractivity contribution in [3.05, 3.63) is 70.4 Å². The van der Waals surface area contributed by atoms with Gasteiger partial charge in [-0.15, -0.1) is 0 Å². The third kappa shape index (κ3) is 3.89. The zero-order valence-corrected chi connectivity index (χ0v) is 15.2. The Hall–Kier alpha value is -2.79. The molecule has 1 heterocycles. The van der Waals surface area contributed by atoms with E-state index < -0.39 is 5.97 Å². The molecule has 0 atom stereocenters. The highest BCUT2D eigenvalue weighted by molar-refractivity contribution is 6.31. The molecule has 0 fully saturated rings. The van der Waals surface area contributed by atoms with Gasteiger partial charge in [-0.25, -0.2) is 4.79 Å². The van der Waals surface area contributed by atoms with Crippen molar-refractivity contribution in [1.29, 1.82) is 0 Å². The van der Waals surface area contributed by atoms with Gasteiger partial charge >= 0.3 is 5.97 Å². The minimum absolute atomic E-state index is 0.0841. The third-order valence-corrected chi connectivity index (χ3v) is 4.33. The minimum Gasteiger partial charge on any atom is -0.450 e. The lowest BCUT2D eigenvalue weighted by Crippen LogP contribution is -2.30. The second kappa shape index (κ2) is 7.62. The molecule has 134 valence electrons. The molecule has 3 aromatic rings. The first kappa shape index (κ1) is 18.0. The molecule has 1 amide bonds. The highest BCUT2D eigenvalue weighted by Crippen LogP contribution is 2.28. The van der Waals surface area contributed by atoms with Gasteiger partial charge in [0.15, 0.2) is 6.61 Å². The van der Waals surface area contributed by atoms with Crippen LogP contribution in [0.5, 0.6) is 0 Å². The molecule has 5 nitrogen and oxygen atoms in total. The topological polar surface area (TPSA) is 59.8 Å². The second-order valence-corrected chi connectivity index (χ2v) is 6.44. The summed E-state index contributed by atoms with van der Waals surface area (Å²) in [5.74, 6) is -0.879. The predicted octanol–water partition coefficient (Wildman–Crippen LogP) is 4.21. The van der Waals surface area contributed by atoms with Crippen molar-refractivity contribution in [3.8, 4) is 0 Å². The highest BCUT2D eigenvalue weighted by atomic mass is 35.5. The number of likely N-dealkylation sites (N-methyl/N-ethyl adjacent to an activating group) is 1. The number of benzene rings is 2. The smallest absolute Gasteiger partial charge is 0.375 e. The van der Waals surface area contributed by atoms with E-state index in [-0.39, 0.29) is 18.3 Å². The predicted molar refractivity (Wildman–Crippen MR) is 99.2 cm³/mol. The van der Waals surface area contributed by atoms with E-state index in [9.17, 15) is 9.59 Å². The lowest BCUT2D eigenvalue weighted by atomic mass is 10.1. The summed E-state index contributed by atoms with van der Waals surface area (Å²) in [5, 5.41) is 1.30. The highest BCUT2D eigenvalue weighted by Gasteiger charge is 2.21. The first-order valence-corrected chi connectivity index (χ1v) is 8.47. The molecule has 0 bridgehead atoms. The minimum atomic E-state index is -0.670. The van der Waals surface area contributed by atoms with Crippen LogP contribution in [0.2, 0.25) is 5.02 Å². The Labute approximate surface area is 156 Å². The van der Waals surface area contributed by atoms with Gasteiger partial charge in [0.25, 0.3) is 5.91 Å². The first-order valence-electron chi connectivity index (χ1n) is 8.09. The van der Waals surface area contributed by atoms with E-state index in [1.54, 1.807) is 32.2 Å². The Morgan fingerprint density at radius 1 is 1.15 bits per heavy atom. The largest absolute Gasteiger partial charge is 0.450 e. The Morgan fingerprint density at radius 3 is 2.62 bits per heavy atom. The van der Waals surface area contributed by atoms with E-state index >= 15 is 0 Å². The van der Waals surface area contributed by atoms with Crippen molar-refractivity contribution in [2.75, 3.05) is 13.7 Å². The van der Waals surface area contributed by atoms with Crippen molar-refractivity contribution < 1.29 is 18.7 Å². The number of rotatable bonds is 5. The normalized spacial score (nSPS) is 10.7. The molecule has 0 aliphatic rings. The van der Waals surface area contributed by atoms with Crippen molar-refractivity contribution in [2.45, 2.75) is 13.5 Å². The van der Waals surface area contributed by atoms with E-state index in [2.05, 4.69) is 0 Å². The maximum atomic E-state index is 12.3. The van der Waals surface area contributed by atoms with Gasteiger partial charge in [-0.2, -0.15) is 0 Å². The van der Waals surface area contributed by atoms with E-state index in [1.807, 2.05) is 30.3 Å². The number of esters is 1. The summed E-state index contributed by atoms with van der Waals surface area (Å²) >= 11 is 5.98. The fourth-order valence-corrected chi connectivity index (χ4v) is 2.81. The number of halogens is 1. The number of aryl methyl sites for hydroxylation is 1. The number of amides is 1. The number of ether oxygens (including phenoxy) is 1. The average Bonchev–Trinajstić information content (AvgIpc) is 2.96. The number of furan rings is 1. The van der Waals surface area contributed by atoms with Crippen molar-refractivity contribution in [1.82, 2.24) is 4.90 Å². The van der Waals surface area contributed by atoms with E-state index in [0.29, 0.717) is 22.7 Å². The molecule has 0 N–H and O–H groups in total. The first-order chi connectivity index (χ1) is 12.5. The maximum Gasteiger partial charge on any atom is 0.375 e. The molecule has 3 rings (SSSR count). The molecule has 6 heteroatoms. The molecular formula is C20H18ClNO4. The molecule has 0 saturated carbocycles. The van der Waals surface area contributed by atoms with Crippen LogP contribution in [0.3, 0.4) is 0 Å². The number of fused-ring (bicyclic) bond motifs is 1. The number of carbonyl (C=O) groups is 2. The molecule has 0 aliphatic heterocycles. The molecule has 26 heavy (non-hydrogen) atoms. The Kier molecular flexibility index (Phi) is 5.28. The van der Waals surface area contributed by atoms with Gasteiger partial charge in [0.1, 0.15) is 5.58 Å². The van der Waals surface area contributed by atoms with Crippen molar-refractivity contribution in [3.63, 3.8) is 0 Å². The second-order valence-electron chi connectivity index (χ2n) is 6.01. The number of nitrogens with zero attached hydrogens (tertiary/aromatic N) is 1. The van der Waals surface area contributed by atoms with E-state index in [1.165, 1.54) is 4.90 Å². The zero-order chi connectivity index (χ0) is 18.7. The van der Waals surface area contributed by atoms with Gasteiger partial charge in [0, 0.05) is 29.6 Å². The van der Waals surface area contributed by atoms with Crippen LogP contribution in [0.4, 0.5) is 0 Å². The van der Waals surface area contributed by atoms with Crippen LogP contribution in [0.25, 0.3) is 11.0 Å². The average molecular weight is 372 g/mol. The number of hydrogen-bond acceptors (Lipinski definition) is 4. The van der Waals surface area contributed by atoms with E-state index in [4.69, 9.17) is 20.8 Å². The standard InChI is InChI=1S/C20H18ClNO4/c1-13-16-10-15(21)8-9-17(16)26-19(13)20(24)25-12-18(23)22(2)11-14-6-4-3-5-7-14/h3-10H,11-12H2,1-2H3. The Balaban J connectivity index is 1.63. The Bertz CT molecular complexity index is 949. The van der Waals surface area contributed by atoms with Crippen LogP contribution in [0.15, 0.2) is 52.9 Å². The number of carbonyl (C=O) groups excluding carboxylic acids is 2. The lowest BCUT2D eigenvalue weighted by Gasteiger charge is -2.17. The maximum absolute atomic E-state index is 12.3. The van der Waals surface area contributed by atoms with Gasteiger partial charge in [0.2, 0.25) is 5.76 Å². The fourth-order valence-electron chi connectivity index (χ4n) is 2.64. The van der Waals surface area contributed by atoms with Crippen LogP contribution in [-0.2, 0) is 16.1 Å². The Morgan fingerprint density at radius 2 is 1.88 bits per heavy atom. The van der Waals surface area contributed by atoms with Crippen molar-refractivity contribution in [2.24, 2.45) is 0 Å². The summed E-state index contributed by atoms with van der Waals surface area (Å²) < 4.78 is 10.7. The fraction of sp³-hybridized carbons (Fsp3) is 0.200. The summed E-state index contributed by atoms with van der Waals surface area (Å²) in [6, 6.07) is 14.7. The molecule has 0 aliphatic carbocycles. The molecule has 1 aromatic heterocycles. The summed E-state index contributed by atoms with van der Waals surface area (Å²) in [7, 11) is 1.66. The summed E-state index contributed by atoms with van der Waals surface area (Å²) in [6.07, 6.45) is 0. The molecular weight excluding hydrogens is 354 g/mol. The van der Waals surface area contributed by atoms with Crippen LogP contribution >= 0.6 is 11.6 Å². The van der Waals surface area contributed by atoms with Crippen LogP contribution in [-0.4, -0.2) is 30.4 Å². The van der Waals surface area contributed by atoms with Gasteiger partial charge < -0.3 is 14.1 Å². The summed E-state index contributed by atoms with van der Waals surface area (Å²) in [5.41, 5.74) is 2.18. The SMILES string of the molecule is Cc1c(C(=O)OCC(=O)N(C)Cc2ccccc2)oc2ccc(Cl)cc12. The van der Waals surface area contributed by atoms with E-state index in [0.717, 1.165) is 10.9 Å². The van der Waals surface area contributed by atoms with Gasteiger partial charge in [-0.1, -0.05) is 41.9 Å². The van der Waals surface area contributed by atoms with Gasteiger partial charge in [-0.3, -0.25) is 4.79 Å². The van der Waals surface area contributed by atoms with Crippen LogP contribution < -0.4 is 0 Å². The summed E-state index contributed by atoms with van der Waals surface area (Å²) in [4.78, 5) is 26.0. The van der Waals surface area contributed by atoms with Gasteiger partial charge in [-0.05, 0) is 30.7 Å². The monoisotopic (exact) mass is 371 g/mol. The molecule has 0 radical (unpaired) electrons. The van der Waals surface area contributed by atoms with Crippen molar-refractivity contribution >= 4 is 34.4 Å². The molecule has 0 spiro atoms. The zero-order valence-electron chi connectivity index (χ0n) is 14.5.